The third kappa shape index (κ3) is 14.8. The summed E-state index contributed by atoms with van der Waals surface area (Å²) >= 11 is 0. The van der Waals surface area contributed by atoms with Gasteiger partial charge in [0.1, 0.15) is 5.60 Å². The third-order valence-corrected chi connectivity index (χ3v) is 3.15. The third-order valence-electron chi connectivity index (χ3n) is 3.15. The van der Waals surface area contributed by atoms with Crippen LogP contribution in [0.15, 0.2) is 4.99 Å². The second-order valence-corrected chi connectivity index (χ2v) is 6.23. The summed E-state index contributed by atoms with van der Waals surface area (Å²) in [4.78, 5) is 18.0. The van der Waals surface area contributed by atoms with Gasteiger partial charge in [-0.25, -0.2) is 4.79 Å². The molecule has 0 aliphatic carbocycles. The zero-order valence-electron chi connectivity index (χ0n) is 16.1. The number of halogens is 1. The van der Waals surface area contributed by atoms with Crippen LogP contribution >= 0.6 is 24.0 Å². The van der Waals surface area contributed by atoms with Crippen LogP contribution in [0, 0.1) is 0 Å². The van der Waals surface area contributed by atoms with Crippen molar-refractivity contribution in [2.24, 2.45) is 4.99 Å². The van der Waals surface area contributed by atoms with Crippen molar-refractivity contribution in [3.8, 4) is 0 Å². The van der Waals surface area contributed by atoms with E-state index in [-0.39, 0.29) is 24.0 Å². The fourth-order valence-corrected chi connectivity index (χ4v) is 1.93. The zero-order valence-corrected chi connectivity index (χ0v) is 18.4. The van der Waals surface area contributed by atoms with Crippen LogP contribution < -0.4 is 16.0 Å². The normalized spacial score (nSPS) is 11.7. The largest absolute Gasteiger partial charge is 0.444 e. The first-order chi connectivity index (χ1) is 10.8. The van der Waals surface area contributed by atoms with Gasteiger partial charge in [-0.15, -0.1) is 24.0 Å². The maximum absolute atomic E-state index is 11.5. The first kappa shape index (κ1) is 25.5. The second kappa shape index (κ2) is 14.6. The van der Waals surface area contributed by atoms with E-state index in [0.29, 0.717) is 13.1 Å². The number of nitrogens with one attached hydrogen (secondary N) is 3. The van der Waals surface area contributed by atoms with E-state index in [1.54, 1.807) is 7.05 Å². The van der Waals surface area contributed by atoms with Gasteiger partial charge in [0.25, 0.3) is 0 Å². The summed E-state index contributed by atoms with van der Waals surface area (Å²) in [5.74, 6) is 0.746. The van der Waals surface area contributed by atoms with Crippen molar-refractivity contribution in [3.05, 3.63) is 0 Å². The zero-order chi connectivity index (χ0) is 17.7. The van der Waals surface area contributed by atoms with Crippen LogP contribution in [0.1, 0.15) is 41.0 Å². The van der Waals surface area contributed by atoms with Crippen molar-refractivity contribution in [2.75, 3.05) is 46.3 Å². The van der Waals surface area contributed by atoms with Crippen molar-refractivity contribution in [3.63, 3.8) is 0 Å². The molecule has 0 unspecified atom stereocenters. The molecule has 0 aromatic heterocycles. The summed E-state index contributed by atoms with van der Waals surface area (Å²) in [6.45, 7) is 15.1. The Morgan fingerprint density at radius 3 is 2.08 bits per heavy atom. The van der Waals surface area contributed by atoms with Crippen molar-refractivity contribution in [1.82, 2.24) is 20.9 Å². The Hall–Kier alpha value is -0.770. The van der Waals surface area contributed by atoms with Crippen LogP contribution in [-0.4, -0.2) is 68.9 Å². The highest BCUT2D eigenvalue weighted by Gasteiger charge is 2.15. The van der Waals surface area contributed by atoms with Gasteiger partial charge in [-0.3, -0.25) is 4.99 Å². The molecule has 0 heterocycles. The fraction of sp³-hybridized carbons (Fsp3) is 0.875. The van der Waals surface area contributed by atoms with Crippen molar-refractivity contribution >= 4 is 36.0 Å². The van der Waals surface area contributed by atoms with E-state index < -0.39 is 11.7 Å². The Morgan fingerprint density at radius 1 is 1.04 bits per heavy atom. The minimum atomic E-state index is -0.472. The number of alkyl carbamates (subject to hydrolysis) is 1. The molecule has 1 amide bonds. The molecule has 7 nitrogen and oxygen atoms in total. The van der Waals surface area contributed by atoms with Gasteiger partial charge in [0.15, 0.2) is 5.96 Å². The molecule has 0 rings (SSSR count). The van der Waals surface area contributed by atoms with Crippen molar-refractivity contribution < 1.29 is 9.53 Å². The van der Waals surface area contributed by atoms with E-state index in [9.17, 15) is 4.79 Å². The van der Waals surface area contributed by atoms with E-state index in [1.165, 1.54) is 0 Å². The van der Waals surface area contributed by atoms with Gasteiger partial charge in [-0.1, -0.05) is 13.8 Å². The molecule has 3 N–H and O–H groups in total. The van der Waals surface area contributed by atoms with Crippen molar-refractivity contribution in [2.45, 2.75) is 46.6 Å². The number of carbonyl (C=O) groups excluding carboxylic acids is 1. The minimum Gasteiger partial charge on any atom is -0.444 e. The van der Waals surface area contributed by atoms with Gasteiger partial charge < -0.3 is 25.6 Å². The lowest BCUT2D eigenvalue weighted by Gasteiger charge is -2.20. The van der Waals surface area contributed by atoms with Crippen LogP contribution in [0.4, 0.5) is 4.79 Å². The smallest absolute Gasteiger partial charge is 0.407 e. The Kier molecular flexibility index (Phi) is 15.5. The highest BCUT2D eigenvalue weighted by atomic mass is 127. The van der Waals surface area contributed by atoms with Crippen LogP contribution in [-0.2, 0) is 4.74 Å². The first-order valence-electron chi connectivity index (χ1n) is 8.46. The van der Waals surface area contributed by atoms with Crippen molar-refractivity contribution in [1.29, 1.82) is 0 Å². The molecular formula is C16H36IN5O2. The number of carbonyl (C=O) groups is 1. The molecule has 0 saturated carbocycles. The van der Waals surface area contributed by atoms with Gasteiger partial charge in [0, 0.05) is 26.7 Å². The number of hydrogen-bond acceptors (Lipinski definition) is 4. The molecule has 0 saturated heterocycles. The summed E-state index contributed by atoms with van der Waals surface area (Å²) in [6, 6.07) is 0. The van der Waals surface area contributed by atoms with Gasteiger partial charge in [-0.2, -0.15) is 0 Å². The van der Waals surface area contributed by atoms with Crippen LogP contribution in [0.25, 0.3) is 0 Å². The molecule has 0 aliphatic rings. The molecule has 0 radical (unpaired) electrons. The van der Waals surface area contributed by atoms with E-state index in [0.717, 1.165) is 38.6 Å². The monoisotopic (exact) mass is 457 g/mol. The number of rotatable bonds is 9. The first-order valence-corrected chi connectivity index (χ1v) is 8.46. The lowest BCUT2D eigenvalue weighted by molar-refractivity contribution is 0.0529. The molecule has 0 spiro atoms. The van der Waals surface area contributed by atoms with Crippen LogP contribution in [0.2, 0.25) is 0 Å². The van der Waals surface area contributed by atoms with E-state index in [2.05, 4.69) is 39.7 Å². The molecular weight excluding hydrogens is 421 g/mol. The Bertz CT molecular complexity index is 355. The summed E-state index contributed by atoms with van der Waals surface area (Å²) in [7, 11) is 1.74. The molecule has 144 valence electrons. The molecule has 8 heteroatoms. The number of amides is 1. The molecule has 0 aliphatic heterocycles. The standard InChI is InChI=1S/C16H35N5O2.HI/c1-7-21(8-2)13-9-10-18-14(17-6)19-11-12-20-15(22)23-16(3,4)5;/h7-13H2,1-6H3,(H,20,22)(H2,17,18,19);1H. The SMILES string of the molecule is CCN(CC)CCCNC(=NC)NCCNC(=O)OC(C)(C)C.I. The average molecular weight is 457 g/mol. The molecule has 24 heavy (non-hydrogen) atoms. The lowest BCUT2D eigenvalue weighted by atomic mass is 10.2. The number of guanidine groups is 1. The predicted octanol–water partition coefficient (Wildman–Crippen LogP) is 2.03. The number of nitrogens with zero attached hydrogens (tertiary/aromatic N) is 2. The number of hydrogen-bond donors (Lipinski definition) is 3. The molecule has 0 aromatic rings. The van der Waals surface area contributed by atoms with Crippen LogP contribution in [0.3, 0.4) is 0 Å². The maximum atomic E-state index is 11.5. The molecule has 0 fully saturated rings. The Balaban J connectivity index is 0. The highest BCUT2D eigenvalue weighted by Crippen LogP contribution is 2.05. The van der Waals surface area contributed by atoms with Crippen LogP contribution in [0.5, 0.6) is 0 Å². The fourth-order valence-electron chi connectivity index (χ4n) is 1.93. The maximum Gasteiger partial charge on any atom is 0.407 e. The molecule has 0 aromatic carbocycles. The van der Waals surface area contributed by atoms with Gasteiger partial charge in [0.2, 0.25) is 0 Å². The lowest BCUT2D eigenvalue weighted by Crippen LogP contribution is -2.43. The minimum absolute atomic E-state index is 0. The number of ether oxygens (including phenoxy) is 1. The highest BCUT2D eigenvalue weighted by molar-refractivity contribution is 14.0. The van der Waals surface area contributed by atoms with E-state index in [4.69, 9.17) is 4.74 Å². The van der Waals surface area contributed by atoms with Gasteiger partial charge in [-0.05, 0) is 46.8 Å². The predicted molar refractivity (Wildman–Crippen MR) is 111 cm³/mol. The summed E-state index contributed by atoms with van der Waals surface area (Å²) < 4.78 is 5.17. The topological polar surface area (TPSA) is 78.0 Å². The second-order valence-electron chi connectivity index (χ2n) is 6.23. The Morgan fingerprint density at radius 2 is 1.58 bits per heavy atom. The quantitative estimate of drug-likeness (QED) is 0.214. The summed E-state index contributed by atoms with van der Waals surface area (Å²) in [6.07, 6.45) is 0.667. The molecule has 0 bridgehead atoms. The van der Waals surface area contributed by atoms with E-state index >= 15 is 0 Å². The van der Waals surface area contributed by atoms with Gasteiger partial charge in [0.05, 0.1) is 0 Å². The van der Waals surface area contributed by atoms with E-state index in [1.807, 2.05) is 20.8 Å². The number of aliphatic imine (C=N–C) groups is 1. The Labute approximate surface area is 164 Å². The van der Waals surface area contributed by atoms with Gasteiger partial charge >= 0.3 is 6.09 Å². The summed E-state index contributed by atoms with van der Waals surface area (Å²) in [5.41, 5.74) is -0.472. The molecule has 0 atom stereocenters. The average Bonchev–Trinajstić information content (AvgIpc) is 2.47. The summed E-state index contributed by atoms with van der Waals surface area (Å²) in [5, 5.41) is 9.13.